The molecule has 0 aliphatic heterocycles. The monoisotopic (exact) mass is 447 g/mol. The first kappa shape index (κ1) is 21.6. The zero-order chi connectivity index (χ0) is 22.7. The van der Waals surface area contributed by atoms with Crippen LogP contribution in [0.1, 0.15) is 30.0 Å². The lowest BCUT2D eigenvalue weighted by Crippen LogP contribution is -2.27. The minimum absolute atomic E-state index is 0.0382. The number of rotatable bonds is 7. The quantitative estimate of drug-likeness (QED) is 0.257. The fraction of sp³-hybridized carbons (Fsp3) is 0.167. The number of amides is 1. The van der Waals surface area contributed by atoms with Crippen LogP contribution in [0.2, 0.25) is 0 Å². The van der Waals surface area contributed by atoms with Crippen LogP contribution < -0.4 is 10.9 Å². The molecule has 4 rings (SSSR count). The van der Waals surface area contributed by atoms with Gasteiger partial charge in [-0.05, 0) is 62.4 Å². The summed E-state index contributed by atoms with van der Waals surface area (Å²) >= 11 is 1.20. The average Bonchev–Trinajstić information content (AvgIpc) is 3.30. The van der Waals surface area contributed by atoms with Gasteiger partial charge in [-0.25, -0.2) is 4.98 Å². The summed E-state index contributed by atoms with van der Waals surface area (Å²) < 4.78 is 6.94. The Bertz CT molecular complexity index is 1330. The molecule has 0 saturated heterocycles. The van der Waals surface area contributed by atoms with Gasteiger partial charge in [0.2, 0.25) is 5.91 Å². The molecule has 8 heteroatoms. The number of anilines is 1. The largest absolute Gasteiger partial charge is 0.467 e. The number of thioether (sulfide) groups is 1. The fourth-order valence-corrected chi connectivity index (χ4v) is 4.09. The summed E-state index contributed by atoms with van der Waals surface area (Å²) in [6.07, 6.45) is 1.55. The predicted molar refractivity (Wildman–Crippen MR) is 124 cm³/mol. The number of aromatic nitrogens is 2. The van der Waals surface area contributed by atoms with Gasteiger partial charge in [0.05, 0.1) is 29.0 Å². The zero-order valence-electron chi connectivity index (χ0n) is 17.6. The van der Waals surface area contributed by atoms with Crippen molar-refractivity contribution in [3.05, 3.63) is 88.6 Å². The first-order chi connectivity index (χ1) is 15.4. The number of ketones is 1. The molecule has 2 aromatic carbocycles. The van der Waals surface area contributed by atoms with Crippen molar-refractivity contribution in [1.82, 2.24) is 9.55 Å². The maximum Gasteiger partial charge on any atom is 0.262 e. The van der Waals surface area contributed by atoms with E-state index in [1.165, 1.54) is 23.3 Å². The molecule has 0 saturated carbocycles. The SMILES string of the molecule is CC(=O)c1ccc(NC(=O)C(C)Sc2nc3ccccc3c(=O)n2Cc2ccco2)cc1. The second-order valence-electron chi connectivity index (χ2n) is 7.27. The predicted octanol–water partition coefficient (Wildman–Crippen LogP) is 4.36. The van der Waals surface area contributed by atoms with E-state index < -0.39 is 5.25 Å². The van der Waals surface area contributed by atoms with Gasteiger partial charge >= 0.3 is 0 Å². The van der Waals surface area contributed by atoms with Crippen LogP contribution in [0.4, 0.5) is 5.69 Å². The van der Waals surface area contributed by atoms with Gasteiger partial charge in [0.1, 0.15) is 5.76 Å². The summed E-state index contributed by atoms with van der Waals surface area (Å²) in [4.78, 5) is 42.0. The van der Waals surface area contributed by atoms with Crippen LogP contribution in [0.25, 0.3) is 10.9 Å². The lowest BCUT2D eigenvalue weighted by atomic mass is 10.1. The molecule has 0 aliphatic rings. The van der Waals surface area contributed by atoms with Crippen molar-refractivity contribution in [2.75, 3.05) is 5.32 Å². The third-order valence-corrected chi connectivity index (χ3v) is 6.02. The molecule has 1 unspecified atom stereocenters. The highest BCUT2D eigenvalue weighted by molar-refractivity contribution is 8.00. The summed E-state index contributed by atoms with van der Waals surface area (Å²) in [7, 11) is 0. The number of hydrogen-bond acceptors (Lipinski definition) is 6. The van der Waals surface area contributed by atoms with Crippen LogP contribution in [-0.2, 0) is 11.3 Å². The number of carbonyl (C=O) groups is 2. The maximum atomic E-state index is 13.1. The lowest BCUT2D eigenvalue weighted by Gasteiger charge is -2.16. The highest BCUT2D eigenvalue weighted by atomic mass is 32.2. The van der Waals surface area contributed by atoms with Crippen LogP contribution in [0.15, 0.2) is 81.3 Å². The van der Waals surface area contributed by atoms with Crippen molar-refractivity contribution >= 4 is 40.0 Å². The van der Waals surface area contributed by atoms with Crippen molar-refractivity contribution in [1.29, 1.82) is 0 Å². The molecule has 32 heavy (non-hydrogen) atoms. The normalized spacial score (nSPS) is 11.9. The van der Waals surface area contributed by atoms with Crippen molar-refractivity contribution in [3.8, 4) is 0 Å². The molecular formula is C24H21N3O4S. The van der Waals surface area contributed by atoms with E-state index >= 15 is 0 Å². The van der Waals surface area contributed by atoms with E-state index in [9.17, 15) is 14.4 Å². The Morgan fingerprint density at radius 3 is 2.53 bits per heavy atom. The molecule has 7 nitrogen and oxygen atoms in total. The van der Waals surface area contributed by atoms with Gasteiger partial charge in [0.15, 0.2) is 10.9 Å². The molecule has 0 bridgehead atoms. The Hall–Kier alpha value is -3.65. The number of carbonyl (C=O) groups excluding carboxylic acids is 2. The number of hydrogen-bond donors (Lipinski definition) is 1. The Balaban J connectivity index is 1.60. The molecule has 2 aromatic heterocycles. The van der Waals surface area contributed by atoms with E-state index in [1.807, 2.05) is 6.07 Å². The third-order valence-electron chi connectivity index (χ3n) is 4.93. The van der Waals surface area contributed by atoms with Gasteiger partial charge in [0.25, 0.3) is 5.56 Å². The van der Waals surface area contributed by atoms with Crippen molar-refractivity contribution < 1.29 is 14.0 Å². The minimum Gasteiger partial charge on any atom is -0.467 e. The highest BCUT2D eigenvalue weighted by Crippen LogP contribution is 2.24. The van der Waals surface area contributed by atoms with E-state index in [0.717, 1.165) is 0 Å². The van der Waals surface area contributed by atoms with E-state index in [-0.39, 0.29) is 23.8 Å². The van der Waals surface area contributed by atoms with E-state index in [1.54, 1.807) is 67.8 Å². The number of fused-ring (bicyclic) bond motifs is 1. The van der Waals surface area contributed by atoms with E-state index in [0.29, 0.717) is 33.1 Å². The molecular weight excluding hydrogens is 426 g/mol. The summed E-state index contributed by atoms with van der Waals surface area (Å²) in [6.45, 7) is 3.46. The highest BCUT2D eigenvalue weighted by Gasteiger charge is 2.20. The van der Waals surface area contributed by atoms with Crippen LogP contribution in [-0.4, -0.2) is 26.5 Å². The van der Waals surface area contributed by atoms with Crippen molar-refractivity contribution in [2.45, 2.75) is 30.8 Å². The number of benzene rings is 2. The number of nitrogens with one attached hydrogen (secondary N) is 1. The number of nitrogens with zero attached hydrogens (tertiary/aromatic N) is 2. The maximum absolute atomic E-state index is 13.1. The van der Waals surface area contributed by atoms with E-state index in [2.05, 4.69) is 10.3 Å². The first-order valence-electron chi connectivity index (χ1n) is 10.0. The molecule has 0 aliphatic carbocycles. The average molecular weight is 448 g/mol. The molecule has 162 valence electrons. The van der Waals surface area contributed by atoms with Gasteiger partial charge in [-0.1, -0.05) is 23.9 Å². The fourth-order valence-electron chi connectivity index (χ4n) is 3.18. The Morgan fingerprint density at radius 1 is 1.09 bits per heavy atom. The van der Waals surface area contributed by atoms with Gasteiger partial charge in [-0.15, -0.1) is 0 Å². The number of furan rings is 1. The number of para-hydroxylation sites is 1. The van der Waals surface area contributed by atoms with Gasteiger partial charge in [-0.2, -0.15) is 0 Å². The van der Waals surface area contributed by atoms with Crippen molar-refractivity contribution in [3.63, 3.8) is 0 Å². The molecule has 4 aromatic rings. The topological polar surface area (TPSA) is 94.2 Å². The first-order valence-corrected chi connectivity index (χ1v) is 10.9. The summed E-state index contributed by atoms with van der Waals surface area (Å²) in [5.41, 5.74) is 1.55. The van der Waals surface area contributed by atoms with Crippen molar-refractivity contribution in [2.24, 2.45) is 0 Å². The van der Waals surface area contributed by atoms with Gasteiger partial charge in [-0.3, -0.25) is 19.0 Å². The Morgan fingerprint density at radius 2 is 1.84 bits per heavy atom. The Kier molecular flexibility index (Phi) is 6.23. The lowest BCUT2D eigenvalue weighted by molar-refractivity contribution is -0.115. The third kappa shape index (κ3) is 4.65. The molecule has 2 heterocycles. The standard InChI is InChI=1S/C24H21N3O4S/c1-15(28)17-9-11-18(12-10-17)25-22(29)16(2)32-24-26-21-8-4-3-7-20(21)23(30)27(24)14-19-6-5-13-31-19/h3-13,16H,14H2,1-2H3,(H,25,29). The smallest absolute Gasteiger partial charge is 0.262 e. The molecule has 0 radical (unpaired) electrons. The molecule has 1 N–H and O–H groups in total. The molecule has 0 fully saturated rings. The minimum atomic E-state index is -0.529. The molecule has 0 spiro atoms. The second-order valence-corrected chi connectivity index (χ2v) is 8.57. The zero-order valence-corrected chi connectivity index (χ0v) is 18.4. The summed E-state index contributed by atoms with van der Waals surface area (Å²) in [5.74, 6) is 0.343. The van der Waals surface area contributed by atoms with Crippen LogP contribution in [0.3, 0.4) is 0 Å². The van der Waals surface area contributed by atoms with Gasteiger partial charge in [0, 0.05) is 11.3 Å². The summed E-state index contributed by atoms with van der Waals surface area (Å²) in [6, 6.07) is 17.4. The van der Waals surface area contributed by atoms with Crippen LogP contribution in [0.5, 0.6) is 0 Å². The van der Waals surface area contributed by atoms with Crippen LogP contribution >= 0.6 is 11.8 Å². The summed E-state index contributed by atoms with van der Waals surface area (Å²) in [5, 5.41) is 3.25. The second kappa shape index (κ2) is 9.23. The molecule has 1 atom stereocenters. The van der Waals surface area contributed by atoms with Gasteiger partial charge < -0.3 is 9.73 Å². The van der Waals surface area contributed by atoms with E-state index in [4.69, 9.17) is 4.42 Å². The number of Topliss-reactive ketones (excluding diaryl/α,β-unsaturated/α-hetero) is 1. The molecule has 1 amide bonds. The Labute approximate surface area is 188 Å². The van der Waals surface area contributed by atoms with Crippen LogP contribution in [0, 0.1) is 0 Å².